The fraction of sp³-hybridized carbons (Fsp3) is 0.133. The van der Waals surface area contributed by atoms with Crippen LogP contribution in [0.3, 0.4) is 0 Å². The fourth-order valence-corrected chi connectivity index (χ4v) is 2.07. The lowest BCUT2D eigenvalue weighted by Gasteiger charge is -2.12. The van der Waals surface area contributed by atoms with Crippen LogP contribution in [0.4, 0.5) is 5.69 Å². The third-order valence-electron chi connectivity index (χ3n) is 2.89. The number of esters is 1. The first kappa shape index (κ1) is 15.5. The molecule has 0 amide bonds. The van der Waals surface area contributed by atoms with Gasteiger partial charge in [-0.2, -0.15) is 0 Å². The van der Waals surface area contributed by atoms with Crippen molar-refractivity contribution in [3.05, 3.63) is 51.5 Å². The second-order valence-electron chi connectivity index (χ2n) is 4.37. The molecule has 0 unspecified atom stereocenters. The summed E-state index contributed by atoms with van der Waals surface area (Å²) in [5, 5.41) is 0.822. The van der Waals surface area contributed by atoms with Gasteiger partial charge in [-0.05, 0) is 36.8 Å². The van der Waals surface area contributed by atoms with Crippen LogP contribution in [0.5, 0.6) is 11.5 Å². The zero-order valence-corrected chi connectivity index (χ0v) is 13.0. The molecule has 0 aliphatic rings. The number of halogens is 2. The van der Waals surface area contributed by atoms with Crippen LogP contribution in [0.15, 0.2) is 30.3 Å². The lowest BCUT2D eigenvalue weighted by Crippen LogP contribution is -2.07. The van der Waals surface area contributed by atoms with E-state index in [-0.39, 0.29) is 5.56 Å². The van der Waals surface area contributed by atoms with E-state index in [0.29, 0.717) is 32.8 Å². The molecule has 0 heterocycles. The quantitative estimate of drug-likeness (QED) is 0.668. The molecule has 0 spiro atoms. The Bertz CT molecular complexity index is 702. The van der Waals surface area contributed by atoms with Crippen molar-refractivity contribution in [1.29, 1.82) is 0 Å². The van der Waals surface area contributed by atoms with Crippen LogP contribution in [0.2, 0.25) is 10.0 Å². The number of carbonyl (C=O) groups is 1. The summed E-state index contributed by atoms with van der Waals surface area (Å²) in [6.07, 6.45) is 0. The summed E-state index contributed by atoms with van der Waals surface area (Å²) in [4.78, 5) is 11.7. The number of carbonyl (C=O) groups excluding carboxylic acids is 1. The van der Waals surface area contributed by atoms with Crippen molar-refractivity contribution in [2.45, 2.75) is 6.92 Å². The number of methoxy groups -OCH3 is 1. The minimum Gasteiger partial charge on any atom is -0.465 e. The van der Waals surface area contributed by atoms with Crippen molar-refractivity contribution >= 4 is 34.9 Å². The molecule has 2 aromatic rings. The van der Waals surface area contributed by atoms with Crippen LogP contribution in [-0.4, -0.2) is 13.1 Å². The summed E-state index contributed by atoms with van der Waals surface area (Å²) < 4.78 is 10.4. The number of hydrogen-bond acceptors (Lipinski definition) is 4. The predicted octanol–water partition coefficient (Wildman–Crippen LogP) is 4.46. The Morgan fingerprint density at radius 3 is 2.43 bits per heavy atom. The number of anilines is 1. The molecular formula is C15H13Cl2NO3. The number of benzene rings is 2. The van der Waals surface area contributed by atoms with E-state index in [9.17, 15) is 4.79 Å². The molecule has 2 aromatic carbocycles. The van der Waals surface area contributed by atoms with Gasteiger partial charge in [0.1, 0.15) is 11.5 Å². The van der Waals surface area contributed by atoms with Gasteiger partial charge >= 0.3 is 5.97 Å². The Morgan fingerprint density at radius 1 is 1.10 bits per heavy atom. The average molecular weight is 326 g/mol. The Balaban J connectivity index is 2.38. The smallest absolute Gasteiger partial charge is 0.340 e. The molecule has 0 saturated carbocycles. The monoisotopic (exact) mass is 325 g/mol. The van der Waals surface area contributed by atoms with E-state index in [0.717, 1.165) is 0 Å². The third kappa shape index (κ3) is 3.40. The summed E-state index contributed by atoms with van der Waals surface area (Å²) in [5.74, 6) is 0.445. The van der Waals surface area contributed by atoms with Crippen molar-refractivity contribution in [2.75, 3.05) is 12.8 Å². The van der Waals surface area contributed by atoms with E-state index in [1.807, 2.05) is 0 Å². The number of hydrogen-bond donors (Lipinski definition) is 1. The largest absolute Gasteiger partial charge is 0.465 e. The highest BCUT2D eigenvalue weighted by Crippen LogP contribution is 2.32. The highest BCUT2D eigenvalue weighted by molar-refractivity contribution is 6.42. The summed E-state index contributed by atoms with van der Waals surface area (Å²) in [7, 11) is 1.30. The zero-order chi connectivity index (χ0) is 15.6. The zero-order valence-electron chi connectivity index (χ0n) is 11.4. The molecule has 0 atom stereocenters. The van der Waals surface area contributed by atoms with Crippen molar-refractivity contribution < 1.29 is 14.3 Å². The van der Waals surface area contributed by atoms with Crippen LogP contribution >= 0.6 is 23.2 Å². The molecule has 0 saturated heterocycles. The van der Waals surface area contributed by atoms with Gasteiger partial charge in [0.05, 0.1) is 22.7 Å². The molecular weight excluding hydrogens is 313 g/mol. The van der Waals surface area contributed by atoms with Gasteiger partial charge in [-0.1, -0.05) is 23.2 Å². The van der Waals surface area contributed by atoms with E-state index in [2.05, 4.69) is 0 Å². The summed E-state index contributed by atoms with van der Waals surface area (Å²) in [6.45, 7) is 1.78. The molecule has 0 aliphatic carbocycles. The lowest BCUT2D eigenvalue weighted by atomic mass is 10.1. The average Bonchev–Trinajstić information content (AvgIpc) is 2.45. The molecule has 110 valence electrons. The van der Waals surface area contributed by atoms with Gasteiger partial charge in [0, 0.05) is 11.8 Å². The Hall–Kier alpha value is -1.91. The minimum absolute atomic E-state index is 0.257. The third-order valence-corrected chi connectivity index (χ3v) is 3.63. The van der Waals surface area contributed by atoms with Gasteiger partial charge in [-0.3, -0.25) is 0 Å². The van der Waals surface area contributed by atoms with Crippen LogP contribution < -0.4 is 10.5 Å². The molecule has 0 bridgehead atoms. The van der Waals surface area contributed by atoms with Crippen LogP contribution in [-0.2, 0) is 4.74 Å². The minimum atomic E-state index is -0.518. The van der Waals surface area contributed by atoms with E-state index in [4.69, 9.17) is 38.4 Å². The molecule has 2 rings (SSSR count). The summed E-state index contributed by atoms with van der Waals surface area (Å²) in [6, 6.07) is 8.15. The van der Waals surface area contributed by atoms with Crippen molar-refractivity contribution in [1.82, 2.24) is 0 Å². The normalized spacial score (nSPS) is 10.3. The maximum atomic E-state index is 11.7. The predicted molar refractivity (Wildman–Crippen MR) is 83.5 cm³/mol. The summed E-state index contributed by atoms with van der Waals surface area (Å²) >= 11 is 11.8. The first-order chi connectivity index (χ1) is 9.92. The lowest BCUT2D eigenvalue weighted by molar-refractivity contribution is 0.0601. The standard InChI is InChI=1S/C15H13Cl2NO3/c1-8-5-10(6-11(14(8)18)15(19)20-2)21-9-3-4-12(16)13(17)7-9/h3-7H,18H2,1-2H3. The van der Waals surface area contributed by atoms with Gasteiger partial charge in [0.15, 0.2) is 0 Å². The topological polar surface area (TPSA) is 61.5 Å². The van der Waals surface area contributed by atoms with Crippen molar-refractivity contribution in [2.24, 2.45) is 0 Å². The fourth-order valence-electron chi connectivity index (χ4n) is 1.78. The van der Waals surface area contributed by atoms with E-state index < -0.39 is 5.97 Å². The SMILES string of the molecule is COC(=O)c1cc(Oc2ccc(Cl)c(Cl)c2)cc(C)c1N. The first-order valence-corrected chi connectivity index (χ1v) is 6.79. The van der Waals surface area contributed by atoms with Gasteiger partial charge in [0.2, 0.25) is 0 Å². The van der Waals surface area contributed by atoms with Gasteiger partial charge in [0.25, 0.3) is 0 Å². The number of nitrogens with two attached hydrogens (primary N) is 1. The maximum Gasteiger partial charge on any atom is 0.340 e. The van der Waals surface area contributed by atoms with Gasteiger partial charge < -0.3 is 15.2 Å². The maximum absolute atomic E-state index is 11.7. The van der Waals surface area contributed by atoms with Gasteiger partial charge in [-0.15, -0.1) is 0 Å². The number of nitrogen functional groups attached to an aromatic ring is 1. The van der Waals surface area contributed by atoms with Crippen molar-refractivity contribution in [3.63, 3.8) is 0 Å². The Labute approximate surface area is 132 Å². The molecule has 2 N–H and O–H groups in total. The second kappa shape index (κ2) is 6.24. The molecule has 0 aliphatic heterocycles. The molecule has 0 radical (unpaired) electrons. The molecule has 4 nitrogen and oxygen atoms in total. The Morgan fingerprint density at radius 2 is 1.81 bits per heavy atom. The van der Waals surface area contributed by atoms with Crippen LogP contribution in [0, 0.1) is 6.92 Å². The van der Waals surface area contributed by atoms with Crippen LogP contribution in [0.25, 0.3) is 0 Å². The van der Waals surface area contributed by atoms with E-state index in [1.165, 1.54) is 13.2 Å². The molecule has 0 fully saturated rings. The van der Waals surface area contributed by atoms with E-state index >= 15 is 0 Å². The summed E-state index contributed by atoms with van der Waals surface area (Å²) in [5.41, 5.74) is 7.21. The molecule has 0 aromatic heterocycles. The number of ether oxygens (including phenoxy) is 2. The molecule has 21 heavy (non-hydrogen) atoms. The Kier molecular flexibility index (Phi) is 4.60. The van der Waals surface area contributed by atoms with Crippen LogP contribution in [0.1, 0.15) is 15.9 Å². The second-order valence-corrected chi connectivity index (χ2v) is 5.19. The molecule has 6 heteroatoms. The van der Waals surface area contributed by atoms with Gasteiger partial charge in [-0.25, -0.2) is 4.79 Å². The van der Waals surface area contributed by atoms with Crippen molar-refractivity contribution in [3.8, 4) is 11.5 Å². The highest BCUT2D eigenvalue weighted by atomic mass is 35.5. The van der Waals surface area contributed by atoms with E-state index in [1.54, 1.807) is 31.2 Å². The number of rotatable bonds is 3. The highest BCUT2D eigenvalue weighted by Gasteiger charge is 2.14. The first-order valence-electron chi connectivity index (χ1n) is 6.03. The number of aryl methyl sites for hydroxylation is 1.